The zero-order valence-electron chi connectivity index (χ0n) is 40.2. The van der Waals surface area contributed by atoms with Crippen LogP contribution in [0.4, 0.5) is 9.59 Å². The Kier molecular flexibility index (Phi) is 18.6. The van der Waals surface area contributed by atoms with E-state index in [4.69, 9.17) is 4.74 Å². The first-order valence-electron chi connectivity index (χ1n) is 23.0. The average molecular weight is 940 g/mol. The molecule has 17 nitrogen and oxygen atoms in total. The van der Waals surface area contributed by atoms with Crippen LogP contribution >= 0.6 is 0 Å². The van der Waals surface area contributed by atoms with Crippen molar-refractivity contribution >= 4 is 45.8 Å². The highest BCUT2D eigenvalue weighted by molar-refractivity contribution is 7.88. The van der Waals surface area contributed by atoms with Gasteiger partial charge in [0.1, 0.15) is 29.8 Å². The van der Waals surface area contributed by atoms with E-state index in [9.17, 15) is 42.3 Å². The number of carbonyl (C=O) groups excluding carboxylic acids is 5. The highest BCUT2D eigenvalue weighted by Crippen LogP contribution is 2.41. The van der Waals surface area contributed by atoms with Crippen molar-refractivity contribution in [3.8, 4) is 0 Å². The summed E-state index contributed by atoms with van der Waals surface area (Å²) in [5.41, 5.74) is -0.427. The predicted molar refractivity (Wildman–Crippen MR) is 252 cm³/mol. The summed E-state index contributed by atoms with van der Waals surface area (Å²) < 4.78 is 31.0. The molecule has 2 aromatic carbocycles. The zero-order chi connectivity index (χ0) is 49.0. The van der Waals surface area contributed by atoms with Crippen LogP contribution in [-0.4, -0.2) is 138 Å². The molecule has 2 aromatic rings. The SMILES string of the molecule is CC(C)C[C@@H](NC(=O)[C@@H](Cc1ccccc1)NC(=O)[C@@H](Cc1ccccc1)N(C(=O)O)C(C)(C)C)C(=O)N[C@H](CCCCNC(=O)OC(C)(C)C)C(=O)N1CCC2(CC1)CN(S(C)(=O)=O)C2. The lowest BCUT2D eigenvalue weighted by Gasteiger charge is -2.53. The molecule has 0 aromatic heterocycles. The maximum atomic E-state index is 14.5. The first kappa shape index (κ1) is 53.4. The van der Waals surface area contributed by atoms with E-state index in [0.29, 0.717) is 51.9 Å². The first-order chi connectivity index (χ1) is 30.8. The summed E-state index contributed by atoms with van der Waals surface area (Å²) in [4.78, 5) is 85.4. The topological polar surface area (TPSA) is 224 Å². The van der Waals surface area contributed by atoms with Crippen LogP contribution in [0.1, 0.15) is 105 Å². The van der Waals surface area contributed by atoms with E-state index >= 15 is 0 Å². The first-order valence-corrected chi connectivity index (χ1v) is 24.8. The van der Waals surface area contributed by atoms with Crippen molar-refractivity contribution in [3.63, 3.8) is 0 Å². The minimum atomic E-state index is -3.31. The van der Waals surface area contributed by atoms with E-state index in [1.807, 2.05) is 26.0 Å². The van der Waals surface area contributed by atoms with Gasteiger partial charge in [-0.25, -0.2) is 22.3 Å². The fourth-order valence-electron chi connectivity index (χ4n) is 8.51. The smallest absolute Gasteiger partial charge is 0.408 e. The number of carbonyl (C=O) groups is 6. The molecular formula is C48H73N7O10S. The Bertz CT molecular complexity index is 2070. The molecule has 2 aliphatic rings. The fourth-order valence-corrected chi connectivity index (χ4v) is 9.53. The normalized spacial score (nSPS) is 17.1. The summed E-state index contributed by atoms with van der Waals surface area (Å²) >= 11 is 0. The van der Waals surface area contributed by atoms with Gasteiger partial charge < -0.3 is 36.0 Å². The number of hydrogen-bond acceptors (Lipinski definition) is 9. The van der Waals surface area contributed by atoms with E-state index < -0.39 is 75.2 Å². The number of sulfonamides is 1. The van der Waals surface area contributed by atoms with E-state index in [1.54, 1.807) is 95.0 Å². The van der Waals surface area contributed by atoms with Gasteiger partial charge >= 0.3 is 12.2 Å². The molecule has 4 rings (SSSR count). The fraction of sp³-hybridized carbons (Fsp3) is 0.625. The predicted octanol–water partition coefficient (Wildman–Crippen LogP) is 4.70. The van der Waals surface area contributed by atoms with Gasteiger partial charge in [0.05, 0.1) is 6.26 Å². The highest BCUT2D eigenvalue weighted by atomic mass is 32.2. The number of benzene rings is 2. The Morgan fingerprint density at radius 3 is 1.77 bits per heavy atom. The summed E-state index contributed by atoms with van der Waals surface area (Å²) in [6, 6.07) is 13.5. The van der Waals surface area contributed by atoms with Crippen LogP contribution in [0.5, 0.6) is 0 Å². The number of rotatable bonds is 20. The largest absolute Gasteiger partial charge is 0.465 e. The molecule has 0 unspecified atom stereocenters. The minimum absolute atomic E-state index is 0.0336. The van der Waals surface area contributed by atoms with Crippen LogP contribution in [0.2, 0.25) is 0 Å². The molecule has 366 valence electrons. The highest BCUT2D eigenvalue weighted by Gasteiger charge is 2.49. The standard InChI is InChI=1S/C48H73N7O10S/c1-33(2)28-37(51-41(57)38(29-34-18-12-10-13-19-34)52-42(58)39(30-35-20-14-11-15-21-35)55(45(61)62)46(3,4)5)40(56)50-36(22-16-17-25-49-44(60)65-47(6,7)8)43(59)53-26-23-48(24-27-53)31-54(32-48)66(9,63)64/h10-15,18-21,33,36-39H,16-17,22-32H2,1-9H3,(H,49,60)(H,50,56)(H,51,57)(H,52,58)(H,61,62)/t36-,37-,38-,39-/m1/s1. The average Bonchev–Trinajstić information content (AvgIpc) is 3.20. The molecule has 2 aliphatic heterocycles. The molecule has 18 heteroatoms. The van der Waals surface area contributed by atoms with Crippen LogP contribution in [0.25, 0.3) is 0 Å². The number of nitrogens with zero attached hydrogens (tertiary/aromatic N) is 3. The minimum Gasteiger partial charge on any atom is -0.465 e. The van der Waals surface area contributed by atoms with Crippen molar-refractivity contribution in [1.82, 2.24) is 35.4 Å². The summed E-state index contributed by atoms with van der Waals surface area (Å²) in [6.07, 6.45) is 1.98. The second-order valence-electron chi connectivity index (χ2n) is 20.3. The number of nitrogens with one attached hydrogen (secondary N) is 4. The molecule has 0 radical (unpaired) electrons. The Hall–Kier alpha value is -5.23. The van der Waals surface area contributed by atoms with Gasteiger partial charge in [-0.2, -0.15) is 0 Å². The molecule has 6 amide bonds. The molecule has 5 N–H and O–H groups in total. The lowest BCUT2D eigenvalue weighted by atomic mass is 9.73. The van der Waals surface area contributed by atoms with Gasteiger partial charge in [-0.3, -0.25) is 24.1 Å². The zero-order valence-corrected chi connectivity index (χ0v) is 41.0. The van der Waals surface area contributed by atoms with Gasteiger partial charge in [-0.05, 0) is 97.1 Å². The third-order valence-electron chi connectivity index (χ3n) is 11.9. The quantitative estimate of drug-likeness (QED) is 0.115. The number of alkyl carbamates (subject to hydrolysis) is 1. The van der Waals surface area contributed by atoms with Crippen LogP contribution in [0.3, 0.4) is 0 Å². The van der Waals surface area contributed by atoms with Gasteiger partial charge in [0.25, 0.3) is 0 Å². The van der Waals surface area contributed by atoms with E-state index in [1.165, 1.54) is 10.6 Å². The van der Waals surface area contributed by atoms with Crippen LogP contribution in [0, 0.1) is 11.3 Å². The van der Waals surface area contributed by atoms with Crippen molar-refractivity contribution in [1.29, 1.82) is 0 Å². The second kappa shape index (κ2) is 23.0. The molecule has 0 bridgehead atoms. The number of carboxylic acid groups (broad SMARTS) is 1. The molecule has 4 atom stereocenters. The molecular weight excluding hydrogens is 867 g/mol. The van der Waals surface area contributed by atoms with Crippen LogP contribution in [-0.2, 0) is 46.8 Å². The van der Waals surface area contributed by atoms with Crippen molar-refractivity contribution in [3.05, 3.63) is 71.8 Å². The van der Waals surface area contributed by atoms with Gasteiger partial charge in [0.2, 0.25) is 33.7 Å². The van der Waals surface area contributed by atoms with Gasteiger partial charge in [-0.15, -0.1) is 0 Å². The van der Waals surface area contributed by atoms with Crippen molar-refractivity contribution in [2.45, 2.75) is 142 Å². The Labute approximate surface area is 391 Å². The monoisotopic (exact) mass is 940 g/mol. The molecule has 66 heavy (non-hydrogen) atoms. The second-order valence-corrected chi connectivity index (χ2v) is 22.3. The lowest BCUT2D eigenvalue weighted by Crippen LogP contribution is -2.63. The van der Waals surface area contributed by atoms with Crippen molar-refractivity contribution in [2.24, 2.45) is 11.3 Å². The Morgan fingerprint density at radius 2 is 1.27 bits per heavy atom. The summed E-state index contributed by atoms with van der Waals surface area (Å²) in [5.74, 6) is -2.32. The van der Waals surface area contributed by atoms with Gasteiger partial charge in [0, 0.05) is 56.5 Å². The van der Waals surface area contributed by atoms with Crippen molar-refractivity contribution < 1.29 is 47.0 Å². The van der Waals surface area contributed by atoms with E-state index in [-0.39, 0.29) is 49.5 Å². The summed E-state index contributed by atoms with van der Waals surface area (Å²) in [6.45, 7) is 16.0. The number of ether oxygens (including phenoxy) is 1. The van der Waals surface area contributed by atoms with Gasteiger partial charge in [0.15, 0.2) is 0 Å². The maximum Gasteiger partial charge on any atom is 0.408 e. The number of likely N-dealkylation sites (tertiary alicyclic amines) is 1. The number of piperidine rings is 1. The van der Waals surface area contributed by atoms with Crippen molar-refractivity contribution in [2.75, 3.05) is 39.0 Å². The Balaban J connectivity index is 1.56. The number of amides is 6. The lowest BCUT2D eigenvalue weighted by molar-refractivity contribution is -0.141. The molecule has 1 spiro atoms. The Morgan fingerprint density at radius 1 is 0.758 bits per heavy atom. The molecule has 2 heterocycles. The summed E-state index contributed by atoms with van der Waals surface area (Å²) in [5, 5.41) is 21.8. The molecule has 0 aliphatic carbocycles. The van der Waals surface area contributed by atoms with Gasteiger partial charge in [-0.1, -0.05) is 74.5 Å². The molecule has 2 saturated heterocycles. The van der Waals surface area contributed by atoms with Crippen LogP contribution in [0.15, 0.2) is 60.7 Å². The summed E-state index contributed by atoms with van der Waals surface area (Å²) in [7, 11) is -3.31. The van der Waals surface area contributed by atoms with E-state index in [2.05, 4.69) is 21.3 Å². The van der Waals surface area contributed by atoms with E-state index in [0.717, 1.165) is 16.0 Å². The number of hydrogen-bond donors (Lipinski definition) is 5. The molecule has 0 saturated carbocycles. The third kappa shape index (κ3) is 16.3. The number of unbranched alkanes of at least 4 members (excludes halogenated alkanes) is 1. The maximum absolute atomic E-state index is 14.5. The molecule has 2 fully saturated rings. The van der Waals surface area contributed by atoms with Crippen LogP contribution < -0.4 is 21.3 Å². The third-order valence-corrected chi connectivity index (χ3v) is 13.1.